The second kappa shape index (κ2) is 14.8. The molecule has 5 heterocycles. The molecule has 1 N–H and O–H groups in total. The number of imidazole rings is 1. The first-order valence-corrected chi connectivity index (χ1v) is 16.8. The number of anilines is 2. The monoisotopic (exact) mass is 699 g/mol. The third-order valence-electron chi connectivity index (χ3n) is 9.50. The van der Waals surface area contributed by atoms with E-state index < -0.39 is 17.7 Å². The fourth-order valence-electron chi connectivity index (χ4n) is 6.97. The predicted octanol–water partition coefficient (Wildman–Crippen LogP) is 5.35. The van der Waals surface area contributed by atoms with Gasteiger partial charge in [0.2, 0.25) is 5.95 Å². The maximum absolute atomic E-state index is 15.0. The normalized spacial score (nSPS) is 16.7. The van der Waals surface area contributed by atoms with E-state index in [-0.39, 0.29) is 28.3 Å². The first-order valence-electron chi connectivity index (χ1n) is 16.8. The number of nitrogens with one attached hydrogen (secondary N) is 1. The summed E-state index contributed by atoms with van der Waals surface area (Å²) in [7, 11) is 3.56. The van der Waals surface area contributed by atoms with Gasteiger partial charge >= 0.3 is 12.1 Å². The molecule has 268 valence electrons. The van der Waals surface area contributed by atoms with Crippen molar-refractivity contribution in [3.05, 3.63) is 42.2 Å². The van der Waals surface area contributed by atoms with Crippen LogP contribution >= 0.6 is 0 Å². The van der Waals surface area contributed by atoms with E-state index in [4.69, 9.17) is 9.47 Å². The maximum Gasteiger partial charge on any atom is 0.417 e. The van der Waals surface area contributed by atoms with Crippen LogP contribution in [0, 0.1) is 11.4 Å². The molecule has 1 aliphatic heterocycles. The van der Waals surface area contributed by atoms with Gasteiger partial charge in [-0.3, -0.25) is 9.69 Å². The van der Waals surface area contributed by atoms with Crippen molar-refractivity contribution >= 4 is 28.6 Å². The number of methoxy groups -OCH3 is 1. The second-order valence-corrected chi connectivity index (χ2v) is 13.0. The molecule has 1 saturated heterocycles. The van der Waals surface area contributed by atoms with Crippen molar-refractivity contribution in [2.45, 2.75) is 45.2 Å². The lowest BCUT2D eigenvalue weighted by atomic mass is 9.86. The number of alkyl halides is 3. The average Bonchev–Trinajstić information content (AvgIpc) is 3.74. The molecule has 0 radical (unpaired) electrons. The first-order chi connectivity index (χ1) is 24.0. The lowest BCUT2D eigenvalue weighted by Gasteiger charge is -2.35. The quantitative estimate of drug-likeness (QED) is 0.117. The van der Waals surface area contributed by atoms with Crippen molar-refractivity contribution in [2.24, 2.45) is 5.41 Å². The molecule has 0 bridgehead atoms. The Morgan fingerprint density at radius 3 is 2.44 bits per heavy atom. The summed E-state index contributed by atoms with van der Waals surface area (Å²) in [6.07, 6.45) is 3.47. The van der Waals surface area contributed by atoms with Gasteiger partial charge in [0.05, 0.1) is 54.5 Å². The van der Waals surface area contributed by atoms with E-state index >= 15 is 4.39 Å². The summed E-state index contributed by atoms with van der Waals surface area (Å²) in [5.74, 6) is -0.210. The molecule has 0 amide bonds. The fourth-order valence-corrected chi connectivity index (χ4v) is 6.97. The molecule has 6 rings (SSSR count). The van der Waals surface area contributed by atoms with Crippen LogP contribution in [-0.2, 0) is 20.4 Å². The van der Waals surface area contributed by atoms with Gasteiger partial charge in [-0.2, -0.15) is 17.6 Å². The molecule has 50 heavy (non-hydrogen) atoms. The van der Waals surface area contributed by atoms with E-state index in [0.717, 1.165) is 57.9 Å². The maximum atomic E-state index is 15.0. The smallest absolute Gasteiger partial charge is 0.417 e. The standard InChI is InChI=1S/C34H41F4N9O3/c1-4-50-28(48)7-10-46-11-13-47(14-12-46)27-19-39-25(18-40-27)31-43-29-26(45(2)20-33(21-49-3)8-5-6-9-33)16-24(42-32(29)44-31)23-15-22(34(36,37)38)17-41-30(23)35/h15-19H,4-14,20-21H2,1-3H3,(H,42,43,44). The number of hydrogen-bond donors (Lipinski definition) is 1. The molecule has 1 saturated carbocycles. The van der Waals surface area contributed by atoms with Gasteiger partial charge in [0.15, 0.2) is 11.5 Å². The molecule has 2 fully saturated rings. The summed E-state index contributed by atoms with van der Waals surface area (Å²) in [5, 5.41) is 0. The van der Waals surface area contributed by atoms with Crippen molar-refractivity contribution < 1.29 is 31.8 Å². The zero-order valence-corrected chi connectivity index (χ0v) is 28.4. The zero-order valence-electron chi connectivity index (χ0n) is 28.4. The van der Waals surface area contributed by atoms with Gasteiger partial charge in [-0.25, -0.2) is 24.9 Å². The number of pyridine rings is 2. The Morgan fingerprint density at radius 1 is 1.02 bits per heavy atom. The molecule has 2 aliphatic rings. The number of halogens is 4. The van der Waals surface area contributed by atoms with Crippen LogP contribution in [0.3, 0.4) is 0 Å². The van der Waals surface area contributed by atoms with E-state index in [1.807, 2.05) is 11.9 Å². The van der Waals surface area contributed by atoms with Gasteiger partial charge in [-0.1, -0.05) is 12.8 Å². The summed E-state index contributed by atoms with van der Waals surface area (Å²) in [4.78, 5) is 43.2. The summed E-state index contributed by atoms with van der Waals surface area (Å²) >= 11 is 0. The molecule has 0 aromatic carbocycles. The number of rotatable bonds is 12. The zero-order chi connectivity index (χ0) is 35.5. The highest BCUT2D eigenvalue weighted by Gasteiger charge is 2.36. The first kappa shape index (κ1) is 35.4. The van der Waals surface area contributed by atoms with Crippen molar-refractivity contribution in [2.75, 3.05) is 76.4 Å². The number of aromatic amines is 1. The molecule has 1 aliphatic carbocycles. The molecule has 0 spiro atoms. The van der Waals surface area contributed by atoms with Gasteiger partial charge in [0, 0.05) is 65.0 Å². The van der Waals surface area contributed by atoms with Crippen LogP contribution < -0.4 is 9.80 Å². The third-order valence-corrected chi connectivity index (χ3v) is 9.50. The van der Waals surface area contributed by atoms with Crippen LogP contribution in [0.2, 0.25) is 0 Å². The van der Waals surface area contributed by atoms with Gasteiger partial charge in [-0.05, 0) is 31.9 Å². The summed E-state index contributed by atoms with van der Waals surface area (Å²) in [5.41, 5.74) is 0.157. The highest BCUT2D eigenvalue weighted by Crippen LogP contribution is 2.41. The number of piperazine rings is 1. The van der Waals surface area contributed by atoms with Crippen LogP contribution in [-0.4, -0.2) is 107 Å². The van der Waals surface area contributed by atoms with Crippen molar-refractivity contribution in [3.63, 3.8) is 0 Å². The highest BCUT2D eigenvalue weighted by atomic mass is 19.4. The lowest BCUT2D eigenvalue weighted by molar-refractivity contribution is -0.143. The Morgan fingerprint density at radius 2 is 1.78 bits per heavy atom. The van der Waals surface area contributed by atoms with Crippen LogP contribution in [0.25, 0.3) is 33.9 Å². The second-order valence-electron chi connectivity index (χ2n) is 13.0. The predicted molar refractivity (Wildman–Crippen MR) is 179 cm³/mol. The molecule has 12 nitrogen and oxygen atoms in total. The topological polar surface area (TPSA) is 125 Å². The molecule has 16 heteroatoms. The van der Waals surface area contributed by atoms with Crippen molar-refractivity contribution in [3.8, 4) is 22.8 Å². The number of nitrogens with zero attached hydrogens (tertiary/aromatic N) is 8. The number of carbonyl (C=O) groups is 1. The SMILES string of the molecule is CCOC(=O)CCN1CCN(c2cnc(-c3nc4nc(-c5cc(C(F)(F)F)cnc5F)cc(N(C)CC5(COC)CCCC5)c4[nH]3)cn2)CC1. The van der Waals surface area contributed by atoms with Gasteiger partial charge in [0.1, 0.15) is 17.0 Å². The Labute approximate surface area is 287 Å². The van der Waals surface area contributed by atoms with E-state index in [1.54, 1.807) is 32.5 Å². The Hall–Kier alpha value is -4.44. The third kappa shape index (κ3) is 7.80. The lowest BCUT2D eigenvalue weighted by Crippen LogP contribution is -2.47. The Bertz CT molecular complexity index is 1790. The Balaban J connectivity index is 1.29. The number of esters is 1. The highest BCUT2D eigenvalue weighted by molar-refractivity contribution is 5.91. The molecular weight excluding hydrogens is 658 g/mol. The van der Waals surface area contributed by atoms with Crippen LogP contribution in [0.15, 0.2) is 30.7 Å². The van der Waals surface area contributed by atoms with E-state index in [0.29, 0.717) is 67.5 Å². The van der Waals surface area contributed by atoms with Crippen LogP contribution in [0.5, 0.6) is 0 Å². The molecule has 4 aromatic rings. The van der Waals surface area contributed by atoms with E-state index in [2.05, 4.69) is 39.7 Å². The van der Waals surface area contributed by atoms with Gasteiger partial charge in [-0.15, -0.1) is 0 Å². The average molecular weight is 700 g/mol. The summed E-state index contributed by atoms with van der Waals surface area (Å²) in [6, 6.07) is 2.29. The molecule has 4 aromatic heterocycles. The van der Waals surface area contributed by atoms with E-state index in [1.165, 1.54) is 0 Å². The number of H-pyrrole nitrogens is 1. The minimum Gasteiger partial charge on any atom is -0.466 e. The minimum absolute atomic E-state index is 0.0245. The fraction of sp³-hybridized carbons (Fsp3) is 0.529. The number of carbonyl (C=O) groups excluding carboxylic acids is 1. The van der Waals surface area contributed by atoms with Crippen molar-refractivity contribution in [1.82, 2.24) is 34.8 Å². The minimum atomic E-state index is -4.71. The van der Waals surface area contributed by atoms with Crippen LogP contribution in [0.1, 0.15) is 44.6 Å². The summed E-state index contributed by atoms with van der Waals surface area (Å²) < 4.78 is 66.5. The van der Waals surface area contributed by atoms with Gasteiger partial charge < -0.3 is 24.3 Å². The van der Waals surface area contributed by atoms with Crippen LogP contribution in [0.4, 0.5) is 29.1 Å². The number of fused-ring (bicyclic) bond motifs is 1. The Kier molecular flexibility index (Phi) is 10.5. The molecule has 0 unspecified atom stereocenters. The van der Waals surface area contributed by atoms with E-state index in [9.17, 15) is 18.0 Å². The van der Waals surface area contributed by atoms with Gasteiger partial charge in [0.25, 0.3) is 0 Å². The largest absolute Gasteiger partial charge is 0.466 e. The molecular formula is C34H41F4N9O3. The van der Waals surface area contributed by atoms with Crippen molar-refractivity contribution in [1.29, 1.82) is 0 Å². The summed E-state index contributed by atoms with van der Waals surface area (Å²) in [6.45, 7) is 6.93. The number of aromatic nitrogens is 6. The number of ether oxygens (including phenoxy) is 2. The number of hydrogen-bond acceptors (Lipinski definition) is 11. The molecule has 0 atom stereocenters.